The molecule has 0 radical (unpaired) electrons. The van der Waals surface area contributed by atoms with E-state index >= 15 is 0 Å². The van der Waals surface area contributed by atoms with Crippen LogP contribution in [-0.4, -0.2) is 29.8 Å². The molecule has 0 spiro atoms. The Bertz CT molecular complexity index is 509. The maximum atomic E-state index is 11.4. The number of hydrazone groups is 1. The number of nitrogens with one attached hydrogen (secondary N) is 1. The fourth-order valence-corrected chi connectivity index (χ4v) is 1.19. The van der Waals surface area contributed by atoms with Crippen molar-refractivity contribution < 1.29 is 19.5 Å². The Morgan fingerprint density at radius 1 is 1.25 bits per heavy atom. The van der Waals surface area contributed by atoms with Gasteiger partial charge in [-0.1, -0.05) is 17.3 Å². The van der Waals surface area contributed by atoms with E-state index in [2.05, 4.69) is 15.7 Å². The molecule has 20 heavy (non-hydrogen) atoms. The molecule has 7 heteroatoms. The van der Waals surface area contributed by atoms with Crippen molar-refractivity contribution in [2.24, 2.45) is 10.3 Å². The van der Waals surface area contributed by atoms with Gasteiger partial charge in [0.05, 0.1) is 18.5 Å². The molecule has 0 aliphatic heterocycles. The van der Waals surface area contributed by atoms with Gasteiger partial charge in [0, 0.05) is 0 Å². The molecular weight excluding hydrogens is 262 g/mol. The lowest BCUT2D eigenvalue weighted by atomic mass is 10.2. The highest BCUT2D eigenvalue weighted by Crippen LogP contribution is 2.11. The summed E-state index contributed by atoms with van der Waals surface area (Å²) in [6, 6.07) is 7.15. The van der Waals surface area contributed by atoms with Crippen molar-refractivity contribution >= 4 is 17.5 Å². The summed E-state index contributed by atoms with van der Waals surface area (Å²) in [4.78, 5) is 11.4. The van der Waals surface area contributed by atoms with E-state index in [1.165, 1.54) is 0 Å². The van der Waals surface area contributed by atoms with Gasteiger partial charge in [-0.3, -0.25) is 0 Å². The summed E-state index contributed by atoms with van der Waals surface area (Å²) >= 11 is 0. The molecule has 0 aliphatic carbocycles. The van der Waals surface area contributed by atoms with Gasteiger partial charge in [-0.2, -0.15) is 5.10 Å². The lowest BCUT2D eigenvalue weighted by Gasteiger charge is -2.05. The molecule has 1 rings (SSSR count). The van der Waals surface area contributed by atoms with E-state index in [9.17, 15) is 4.79 Å². The smallest absolute Gasteiger partial charge is 0.428 e. The summed E-state index contributed by atoms with van der Waals surface area (Å²) in [6.45, 7) is 3.28. The highest BCUT2D eigenvalue weighted by atomic mass is 16.6. The molecule has 1 amide bonds. The Kier molecular flexibility index (Phi) is 6.02. The van der Waals surface area contributed by atoms with Crippen LogP contribution in [-0.2, 0) is 11.3 Å². The second-order valence-electron chi connectivity index (χ2n) is 3.92. The van der Waals surface area contributed by atoms with E-state index < -0.39 is 6.09 Å². The maximum absolute atomic E-state index is 11.4. The van der Waals surface area contributed by atoms with E-state index in [1.807, 2.05) is 0 Å². The minimum Gasteiger partial charge on any atom is -0.497 e. The van der Waals surface area contributed by atoms with Gasteiger partial charge in [-0.05, 0) is 31.5 Å². The van der Waals surface area contributed by atoms with Gasteiger partial charge >= 0.3 is 6.09 Å². The number of hydrogen-bond acceptors (Lipinski definition) is 6. The van der Waals surface area contributed by atoms with Crippen LogP contribution in [0.4, 0.5) is 4.79 Å². The van der Waals surface area contributed by atoms with E-state index in [1.54, 1.807) is 45.2 Å². The SMILES string of the molecule is COc1ccc(COC(=O)N/N=C(C)/C(C)=N\O)cc1. The Hall–Kier alpha value is -2.57. The minimum absolute atomic E-state index is 0.122. The molecule has 108 valence electrons. The van der Waals surface area contributed by atoms with Crippen LogP contribution in [0.15, 0.2) is 34.5 Å². The van der Waals surface area contributed by atoms with Crippen molar-refractivity contribution in [3.05, 3.63) is 29.8 Å². The van der Waals surface area contributed by atoms with Crippen LogP contribution in [0.3, 0.4) is 0 Å². The van der Waals surface area contributed by atoms with E-state index in [4.69, 9.17) is 14.7 Å². The lowest BCUT2D eigenvalue weighted by molar-refractivity contribution is 0.140. The summed E-state index contributed by atoms with van der Waals surface area (Å²) in [7, 11) is 1.58. The number of nitrogens with zero attached hydrogens (tertiary/aromatic N) is 2. The molecule has 1 aromatic rings. The number of rotatable bonds is 5. The molecule has 0 bridgehead atoms. The molecule has 0 aromatic heterocycles. The first-order valence-corrected chi connectivity index (χ1v) is 5.86. The normalized spacial score (nSPS) is 11.9. The first-order chi connectivity index (χ1) is 9.56. The van der Waals surface area contributed by atoms with Gasteiger partial charge in [-0.25, -0.2) is 10.2 Å². The zero-order chi connectivity index (χ0) is 15.0. The Morgan fingerprint density at radius 3 is 2.45 bits per heavy atom. The van der Waals surface area contributed by atoms with Crippen molar-refractivity contribution in [3.63, 3.8) is 0 Å². The van der Waals surface area contributed by atoms with Gasteiger partial charge in [0.1, 0.15) is 12.4 Å². The van der Waals surface area contributed by atoms with Crippen LogP contribution >= 0.6 is 0 Å². The number of methoxy groups -OCH3 is 1. The summed E-state index contributed by atoms with van der Waals surface area (Å²) < 4.78 is 9.99. The largest absolute Gasteiger partial charge is 0.497 e. The number of hydrogen-bond donors (Lipinski definition) is 2. The number of oxime groups is 1. The number of carbonyl (C=O) groups is 1. The summed E-state index contributed by atoms with van der Waals surface area (Å²) in [6.07, 6.45) is -0.689. The Morgan fingerprint density at radius 2 is 1.90 bits per heavy atom. The van der Waals surface area contributed by atoms with Crippen molar-refractivity contribution in [1.82, 2.24) is 5.43 Å². The first kappa shape index (κ1) is 15.5. The van der Waals surface area contributed by atoms with Crippen LogP contribution < -0.4 is 10.2 Å². The maximum Gasteiger partial charge on any atom is 0.428 e. The van der Waals surface area contributed by atoms with Gasteiger partial charge in [0.25, 0.3) is 0 Å². The number of carbonyl (C=O) groups excluding carboxylic acids is 1. The van der Waals surface area contributed by atoms with Crippen molar-refractivity contribution in [3.8, 4) is 5.75 Å². The topological polar surface area (TPSA) is 92.5 Å². The minimum atomic E-state index is -0.689. The third-order valence-electron chi connectivity index (χ3n) is 2.52. The van der Waals surface area contributed by atoms with Gasteiger partial charge in [0.2, 0.25) is 0 Å². The van der Waals surface area contributed by atoms with Crippen molar-refractivity contribution in [2.75, 3.05) is 7.11 Å². The monoisotopic (exact) mass is 279 g/mol. The predicted molar refractivity (Wildman–Crippen MR) is 74.3 cm³/mol. The third kappa shape index (κ3) is 4.97. The van der Waals surface area contributed by atoms with Crippen molar-refractivity contribution in [1.29, 1.82) is 0 Å². The van der Waals surface area contributed by atoms with E-state index in [0.717, 1.165) is 11.3 Å². The molecular formula is C13H17N3O4. The van der Waals surface area contributed by atoms with Gasteiger partial charge in [-0.15, -0.1) is 0 Å². The fraction of sp³-hybridized carbons (Fsp3) is 0.308. The molecule has 1 aromatic carbocycles. The fourth-order valence-electron chi connectivity index (χ4n) is 1.19. The standard InChI is InChI=1S/C13H17N3O4/c1-9(10(2)16-18)14-15-13(17)20-8-11-4-6-12(19-3)7-5-11/h4-7,18H,8H2,1-3H3,(H,15,17)/b14-9+,16-10-. The highest BCUT2D eigenvalue weighted by Gasteiger charge is 2.03. The predicted octanol–water partition coefficient (Wildman–Crippen LogP) is 2.15. The average molecular weight is 279 g/mol. The molecule has 2 N–H and O–H groups in total. The second kappa shape index (κ2) is 7.78. The highest BCUT2D eigenvalue weighted by molar-refractivity contribution is 6.40. The van der Waals surface area contributed by atoms with E-state index in [-0.39, 0.29) is 6.61 Å². The summed E-state index contributed by atoms with van der Waals surface area (Å²) in [5.74, 6) is 0.734. The Labute approximate surface area is 116 Å². The number of benzene rings is 1. The summed E-state index contributed by atoms with van der Waals surface area (Å²) in [5, 5.41) is 15.2. The van der Waals surface area contributed by atoms with E-state index in [0.29, 0.717) is 11.4 Å². The summed E-state index contributed by atoms with van der Waals surface area (Å²) in [5.41, 5.74) is 3.72. The average Bonchev–Trinajstić information content (AvgIpc) is 2.50. The van der Waals surface area contributed by atoms with Crippen LogP contribution in [0, 0.1) is 0 Å². The molecule has 0 aliphatic rings. The van der Waals surface area contributed by atoms with Crippen LogP contribution in [0.25, 0.3) is 0 Å². The van der Waals surface area contributed by atoms with Gasteiger partial charge < -0.3 is 14.7 Å². The van der Waals surface area contributed by atoms with Crippen LogP contribution in [0.5, 0.6) is 5.75 Å². The second-order valence-corrected chi connectivity index (χ2v) is 3.92. The molecule has 7 nitrogen and oxygen atoms in total. The zero-order valence-corrected chi connectivity index (χ0v) is 11.6. The van der Waals surface area contributed by atoms with Crippen molar-refractivity contribution in [2.45, 2.75) is 20.5 Å². The quantitative estimate of drug-likeness (QED) is 0.490. The third-order valence-corrected chi connectivity index (χ3v) is 2.52. The van der Waals surface area contributed by atoms with Crippen LogP contribution in [0.2, 0.25) is 0 Å². The number of ether oxygens (including phenoxy) is 2. The van der Waals surface area contributed by atoms with Crippen LogP contribution in [0.1, 0.15) is 19.4 Å². The van der Waals surface area contributed by atoms with Gasteiger partial charge in [0.15, 0.2) is 0 Å². The first-order valence-electron chi connectivity index (χ1n) is 5.86. The lowest BCUT2D eigenvalue weighted by Crippen LogP contribution is -2.21. The zero-order valence-electron chi connectivity index (χ0n) is 11.6. The molecule has 0 fully saturated rings. The molecule has 0 saturated heterocycles. The molecule has 0 heterocycles. The molecule has 0 atom stereocenters. The molecule has 0 saturated carbocycles. The Balaban J connectivity index is 2.43. The molecule has 0 unspecified atom stereocenters. The number of amides is 1.